The van der Waals surface area contributed by atoms with Crippen molar-refractivity contribution >= 4 is 11.0 Å². The van der Waals surface area contributed by atoms with Gasteiger partial charge in [0.25, 0.3) is 5.56 Å². The lowest BCUT2D eigenvalue weighted by Crippen LogP contribution is -2.21. The van der Waals surface area contributed by atoms with Crippen molar-refractivity contribution in [2.24, 2.45) is 7.05 Å². The lowest BCUT2D eigenvalue weighted by atomic mass is 10.3. The smallest absolute Gasteiger partial charge is 0.264 e. The molecule has 0 fully saturated rings. The zero-order chi connectivity index (χ0) is 13.4. The van der Waals surface area contributed by atoms with E-state index in [1.807, 2.05) is 0 Å². The third kappa shape index (κ3) is 1.99. The van der Waals surface area contributed by atoms with Gasteiger partial charge in [-0.2, -0.15) is 5.10 Å². The Morgan fingerprint density at radius 3 is 2.84 bits per heavy atom. The number of halogens is 1. The first-order valence-electron chi connectivity index (χ1n) is 5.63. The van der Waals surface area contributed by atoms with Crippen molar-refractivity contribution in [1.29, 1.82) is 0 Å². The molecule has 0 aliphatic carbocycles. The Labute approximate surface area is 107 Å². The van der Waals surface area contributed by atoms with Crippen LogP contribution in [0.3, 0.4) is 0 Å². The molecular formula is C12H10FN5O. The molecule has 6 nitrogen and oxygen atoms in total. The van der Waals surface area contributed by atoms with Crippen molar-refractivity contribution < 1.29 is 4.39 Å². The van der Waals surface area contributed by atoms with E-state index >= 15 is 0 Å². The van der Waals surface area contributed by atoms with Gasteiger partial charge < -0.3 is 0 Å². The van der Waals surface area contributed by atoms with Gasteiger partial charge in [-0.3, -0.25) is 19.0 Å². The summed E-state index contributed by atoms with van der Waals surface area (Å²) in [7, 11) is 1.72. The van der Waals surface area contributed by atoms with Gasteiger partial charge >= 0.3 is 0 Å². The van der Waals surface area contributed by atoms with E-state index in [-0.39, 0.29) is 12.1 Å². The molecule has 0 radical (unpaired) electrons. The Morgan fingerprint density at radius 1 is 1.26 bits per heavy atom. The van der Waals surface area contributed by atoms with Crippen molar-refractivity contribution in [2.45, 2.75) is 6.54 Å². The zero-order valence-corrected chi connectivity index (χ0v) is 10.1. The quantitative estimate of drug-likeness (QED) is 0.680. The van der Waals surface area contributed by atoms with Crippen molar-refractivity contribution in [3.63, 3.8) is 0 Å². The minimum atomic E-state index is -0.406. The van der Waals surface area contributed by atoms with Gasteiger partial charge in [-0.25, -0.2) is 9.37 Å². The molecule has 7 heteroatoms. The summed E-state index contributed by atoms with van der Waals surface area (Å²) < 4.78 is 15.7. The van der Waals surface area contributed by atoms with E-state index in [1.165, 1.54) is 33.9 Å². The second-order valence-corrected chi connectivity index (χ2v) is 4.15. The van der Waals surface area contributed by atoms with Crippen LogP contribution in [-0.2, 0) is 13.6 Å². The van der Waals surface area contributed by atoms with E-state index in [9.17, 15) is 9.18 Å². The number of rotatable bonds is 2. The maximum absolute atomic E-state index is 12.8. The Balaban J connectivity index is 2.04. The summed E-state index contributed by atoms with van der Waals surface area (Å²) in [6.45, 7) is 0.247. The van der Waals surface area contributed by atoms with Crippen LogP contribution in [-0.4, -0.2) is 24.3 Å². The van der Waals surface area contributed by atoms with Crippen molar-refractivity contribution in [2.75, 3.05) is 0 Å². The number of pyridine rings is 1. The zero-order valence-electron chi connectivity index (χ0n) is 10.1. The van der Waals surface area contributed by atoms with Crippen LogP contribution in [0.1, 0.15) is 5.69 Å². The highest BCUT2D eigenvalue weighted by molar-refractivity contribution is 5.72. The first-order valence-corrected chi connectivity index (χ1v) is 5.63. The monoisotopic (exact) mass is 259 g/mol. The third-order valence-electron chi connectivity index (χ3n) is 2.84. The van der Waals surface area contributed by atoms with E-state index in [0.717, 1.165) is 6.20 Å². The average molecular weight is 259 g/mol. The molecule has 0 aliphatic rings. The van der Waals surface area contributed by atoms with E-state index in [4.69, 9.17) is 0 Å². The van der Waals surface area contributed by atoms with Gasteiger partial charge in [0.1, 0.15) is 17.5 Å². The molecule has 0 saturated heterocycles. The molecule has 0 spiro atoms. The number of aryl methyl sites for hydroxylation is 1. The summed E-state index contributed by atoms with van der Waals surface area (Å²) in [5, 5.41) is 4.44. The van der Waals surface area contributed by atoms with Crippen LogP contribution >= 0.6 is 0 Å². The maximum Gasteiger partial charge on any atom is 0.264 e. The lowest BCUT2D eigenvalue weighted by molar-refractivity contribution is 0.616. The van der Waals surface area contributed by atoms with Gasteiger partial charge in [0.05, 0.1) is 24.6 Å². The molecule has 3 rings (SSSR count). The van der Waals surface area contributed by atoms with Gasteiger partial charge in [-0.1, -0.05) is 0 Å². The van der Waals surface area contributed by atoms with Gasteiger partial charge in [0.2, 0.25) is 0 Å². The molecule has 19 heavy (non-hydrogen) atoms. The Kier molecular flexibility index (Phi) is 2.59. The standard InChI is InChI=1S/C12H10FN5O/c1-17-11-10(5-16-17)12(19)18(7-15-11)6-9-3-2-8(13)4-14-9/h2-5,7H,6H2,1H3. The molecule has 3 aromatic rings. The summed E-state index contributed by atoms with van der Waals surface area (Å²) in [6, 6.07) is 2.85. The molecule has 0 unspecified atom stereocenters. The molecule has 0 N–H and O–H groups in total. The first-order chi connectivity index (χ1) is 9.15. The van der Waals surface area contributed by atoms with Gasteiger partial charge in [-0.15, -0.1) is 0 Å². The van der Waals surface area contributed by atoms with Crippen molar-refractivity contribution in [1.82, 2.24) is 24.3 Å². The molecule has 3 aromatic heterocycles. The van der Waals surface area contributed by atoms with Crippen LogP contribution in [0.4, 0.5) is 4.39 Å². The topological polar surface area (TPSA) is 65.6 Å². The van der Waals surface area contributed by atoms with E-state index < -0.39 is 5.82 Å². The number of hydrogen-bond acceptors (Lipinski definition) is 4. The Hall–Kier alpha value is -2.57. The minimum Gasteiger partial charge on any atom is -0.292 e. The normalized spacial score (nSPS) is 11.1. The van der Waals surface area contributed by atoms with Gasteiger partial charge in [-0.05, 0) is 12.1 Å². The summed E-state index contributed by atoms with van der Waals surface area (Å²) in [6.07, 6.45) is 4.05. The van der Waals surface area contributed by atoms with Crippen LogP contribution in [0, 0.1) is 5.82 Å². The maximum atomic E-state index is 12.8. The second kappa shape index (κ2) is 4.27. The predicted octanol–water partition coefficient (Wildman–Crippen LogP) is 0.712. The SMILES string of the molecule is Cn1ncc2c(=O)n(Cc3ccc(F)cn3)cnc21. The highest BCUT2D eigenvalue weighted by atomic mass is 19.1. The molecule has 3 heterocycles. The number of fused-ring (bicyclic) bond motifs is 1. The van der Waals surface area contributed by atoms with Crippen molar-refractivity contribution in [3.8, 4) is 0 Å². The van der Waals surface area contributed by atoms with Gasteiger partial charge in [0, 0.05) is 7.05 Å². The molecule has 0 bridgehead atoms. The molecule has 0 atom stereocenters. The minimum absolute atomic E-state index is 0.191. The first kappa shape index (κ1) is 11.5. The predicted molar refractivity (Wildman–Crippen MR) is 66.1 cm³/mol. The average Bonchev–Trinajstić information content (AvgIpc) is 2.78. The highest BCUT2D eigenvalue weighted by Crippen LogP contribution is 2.05. The van der Waals surface area contributed by atoms with Crippen LogP contribution in [0.15, 0.2) is 35.6 Å². The molecule has 0 aliphatic heterocycles. The second-order valence-electron chi connectivity index (χ2n) is 4.15. The molecule has 0 aromatic carbocycles. The summed E-state index contributed by atoms with van der Waals surface area (Å²) in [4.78, 5) is 20.3. The lowest BCUT2D eigenvalue weighted by Gasteiger charge is -2.04. The van der Waals surface area contributed by atoms with Crippen molar-refractivity contribution in [3.05, 3.63) is 52.7 Å². The summed E-state index contributed by atoms with van der Waals surface area (Å²) in [5.74, 6) is -0.406. The van der Waals surface area contributed by atoms with Gasteiger partial charge in [0.15, 0.2) is 5.65 Å². The number of hydrogen-bond donors (Lipinski definition) is 0. The molecule has 96 valence electrons. The summed E-state index contributed by atoms with van der Waals surface area (Å²) >= 11 is 0. The van der Waals surface area contributed by atoms with E-state index in [0.29, 0.717) is 16.7 Å². The van der Waals surface area contributed by atoms with Crippen LogP contribution < -0.4 is 5.56 Å². The van der Waals surface area contributed by atoms with Crippen LogP contribution in [0.25, 0.3) is 11.0 Å². The van der Waals surface area contributed by atoms with E-state index in [2.05, 4.69) is 15.1 Å². The number of aromatic nitrogens is 5. The Morgan fingerprint density at radius 2 is 2.11 bits per heavy atom. The Bertz CT molecular complexity index is 790. The number of nitrogens with zero attached hydrogens (tertiary/aromatic N) is 5. The third-order valence-corrected chi connectivity index (χ3v) is 2.84. The largest absolute Gasteiger partial charge is 0.292 e. The van der Waals surface area contributed by atoms with Crippen LogP contribution in [0.5, 0.6) is 0 Å². The fraction of sp³-hybridized carbons (Fsp3) is 0.167. The van der Waals surface area contributed by atoms with E-state index in [1.54, 1.807) is 7.05 Å². The molecule has 0 amide bonds. The highest BCUT2D eigenvalue weighted by Gasteiger charge is 2.08. The fourth-order valence-electron chi connectivity index (χ4n) is 1.85. The summed E-state index contributed by atoms with van der Waals surface area (Å²) in [5.41, 5.74) is 0.936. The molecule has 0 saturated carbocycles. The fourth-order valence-corrected chi connectivity index (χ4v) is 1.85. The van der Waals surface area contributed by atoms with Crippen LogP contribution in [0.2, 0.25) is 0 Å². The molecular weight excluding hydrogens is 249 g/mol.